The fourth-order valence-corrected chi connectivity index (χ4v) is 4.22. The Hall–Kier alpha value is -1.70. The number of halogens is 2. The molecule has 0 aliphatic carbocycles. The molecule has 148 valence electrons. The Morgan fingerprint density at radius 1 is 1.52 bits per heavy atom. The number of hydrogen-bond acceptors (Lipinski definition) is 4. The summed E-state index contributed by atoms with van der Waals surface area (Å²) in [7, 11) is 1.50. The van der Waals surface area contributed by atoms with E-state index in [2.05, 4.69) is 10.2 Å². The third-order valence-electron chi connectivity index (χ3n) is 5.81. The smallest absolute Gasteiger partial charge is 0.248 e. The van der Waals surface area contributed by atoms with Crippen LogP contribution in [0.25, 0.3) is 10.9 Å². The van der Waals surface area contributed by atoms with E-state index in [9.17, 15) is 14.3 Å². The second-order valence-corrected chi connectivity index (χ2v) is 8.14. The molecule has 1 aliphatic rings. The molecule has 0 bridgehead atoms. The molecular weight excluding hydrogens is 373 g/mol. The van der Waals surface area contributed by atoms with Gasteiger partial charge in [0.05, 0.1) is 22.8 Å². The standard InChI is InChI=1S/C19H25ClFN3O3/c1-19(2,12-4-6-24(7-5-12)14(25)10-27-3)18(26)15-16(21)13(20)8-11-9-22-23-17(11)15/h8-9,12,18,26H,4-7,10H2,1-3H3,(H,22,23)/t18-/m1/s1. The second kappa shape index (κ2) is 7.73. The van der Waals surface area contributed by atoms with Crippen molar-refractivity contribution in [3.05, 3.63) is 28.7 Å². The fourth-order valence-electron chi connectivity index (χ4n) is 4.00. The predicted octanol–water partition coefficient (Wildman–Crippen LogP) is 3.30. The highest BCUT2D eigenvalue weighted by molar-refractivity contribution is 6.31. The molecule has 2 N–H and O–H groups in total. The van der Waals surface area contributed by atoms with Crippen molar-refractivity contribution in [2.24, 2.45) is 11.3 Å². The van der Waals surface area contributed by atoms with Crippen LogP contribution in [0.3, 0.4) is 0 Å². The van der Waals surface area contributed by atoms with Crippen LogP contribution in [0.15, 0.2) is 12.3 Å². The molecule has 1 aromatic carbocycles. The Kier molecular flexibility index (Phi) is 5.74. The summed E-state index contributed by atoms with van der Waals surface area (Å²) < 4.78 is 19.7. The quantitative estimate of drug-likeness (QED) is 0.811. The van der Waals surface area contributed by atoms with Gasteiger partial charge in [0, 0.05) is 31.1 Å². The molecule has 0 saturated carbocycles. The third-order valence-corrected chi connectivity index (χ3v) is 6.09. The van der Waals surface area contributed by atoms with E-state index < -0.39 is 17.3 Å². The first-order valence-corrected chi connectivity index (χ1v) is 9.41. The van der Waals surface area contributed by atoms with E-state index >= 15 is 0 Å². The normalized spacial score (nSPS) is 17.5. The van der Waals surface area contributed by atoms with Crippen LogP contribution in [0.2, 0.25) is 5.02 Å². The van der Waals surface area contributed by atoms with Crippen LogP contribution >= 0.6 is 11.6 Å². The summed E-state index contributed by atoms with van der Waals surface area (Å²) in [4.78, 5) is 13.8. The molecule has 2 heterocycles. The van der Waals surface area contributed by atoms with E-state index in [-0.39, 0.29) is 29.0 Å². The van der Waals surface area contributed by atoms with Crippen molar-refractivity contribution in [1.29, 1.82) is 0 Å². The Labute approximate surface area is 162 Å². The molecule has 1 saturated heterocycles. The maximum atomic E-state index is 14.8. The molecule has 1 amide bonds. The van der Waals surface area contributed by atoms with Crippen molar-refractivity contribution in [3.63, 3.8) is 0 Å². The summed E-state index contributed by atoms with van der Waals surface area (Å²) >= 11 is 6.03. The van der Waals surface area contributed by atoms with Gasteiger partial charge in [0.2, 0.25) is 5.91 Å². The van der Waals surface area contributed by atoms with Crippen LogP contribution in [0.5, 0.6) is 0 Å². The zero-order valence-corrected chi connectivity index (χ0v) is 16.5. The molecule has 0 spiro atoms. The van der Waals surface area contributed by atoms with Gasteiger partial charge in [-0.25, -0.2) is 4.39 Å². The molecule has 0 unspecified atom stereocenters. The molecule has 1 atom stereocenters. The Morgan fingerprint density at radius 2 is 2.19 bits per heavy atom. The molecule has 3 rings (SSSR count). The van der Waals surface area contributed by atoms with Gasteiger partial charge < -0.3 is 14.7 Å². The van der Waals surface area contributed by atoms with Crippen molar-refractivity contribution in [3.8, 4) is 0 Å². The van der Waals surface area contributed by atoms with E-state index in [0.29, 0.717) is 24.0 Å². The summed E-state index contributed by atoms with van der Waals surface area (Å²) in [5, 5.41) is 18.5. The number of amides is 1. The number of benzene rings is 1. The van der Waals surface area contributed by atoms with Crippen LogP contribution in [0, 0.1) is 17.2 Å². The number of methoxy groups -OCH3 is 1. The molecule has 27 heavy (non-hydrogen) atoms. The number of hydrogen-bond donors (Lipinski definition) is 2. The van der Waals surface area contributed by atoms with E-state index in [4.69, 9.17) is 16.3 Å². The Bertz CT molecular complexity index is 831. The lowest BCUT2D eigenvalue weighted by atomic mass is 9.68. The van der Waals surface area contributed by atoms with Gasteiger partial charge in [-0.3, -0.25) is 9.89 Å². The number of aromatic amines is 1. The minimum atomic E-state index is -1.06. The van der Waals surface area contributed by atoms with Crippen LogP contribution in [-0.4, -0.2) is 52.9 Å². The van der Waals surface area contributed by atoms with Gasteiger partial charge in [-0.1, -0.05) is 25.4 Å². The summed E-state index contributed by atoms with van der Waals surface area (Å²) in [6.45, 7) is 5.12. The molecular formula is C19H25ClFN3O3. The van der Waals surface area contributed by atoms with Gasteiger partial charge in [0.15, 0.2) is 0 Å². The number of H-pyrrole nitrogens is 1. The highest BCUT2D eigenvalue weighted by Crippen LogP contribution is 2.47. The number of nitrogens with one attached hydrogen (secondary N) is 1. The topological polar surface area (TPSA) is 78.4 Å². The molecule has 8 heteroatoms. The Morgan fingerprint density at radius 3 is 2.81 bits per heavy atom. The lowest BCUT2D eigenvalue weighted by molar-refractivity contribution is -0.137. The van der Waals surface area contributed by atoms with Crippen molar-refractivity contribution < 1.29 is 19.0 Å². The van der Waals surface area contributed by atoms with Gasteiger partial charge in [-0.2, -0.15) is 5.10 Å². The highest BCUT2D eigenvalue weighted by atomic mass is 35.5. The zero-order chi connectivity index (χ0) is 19.8. The summed E-state index contributed by atoms with van der Waals surface area (Å²) in [5.41, 5.74) is 0.00280. The number of aromatic nitrogens is 2. The maximum absolute atomic E-state index is 14.8. The van der Waals surface area contributed by atoms with Crippen molar-refractivity contribution in [2.75, 3.05) is 26.8 Å². The van der Waals surface area contributed by atoms with Gasteiger partial charge in [-0.05, 0) is 30.2 Å². The summed E-state index contributed by atoms with van der Waals surface area (Å²) in [6.07, 6.45) is 1.95. The fraction of sp³-hybridized carbons (Fsp3) is 0.579. The van der Waals surface area contributed by atoms with Gasteiger partial charge >= 0.3 is 0 Å². The third kappa shape index (κ3) is 3.68. The van der Waals surface area contributed by atoms with Crippen LogP contribution in [0.1, 0.15) is 38.4 Å². The zero-order valence-electron chi connectivity index (χ0n) is 15.8. The first-order valence-electron chi connectivity index (χ1n) is 9.03. The number of likely N-dealkylation sites (tertiary alicyclic amines) is 1. The molecule has 0 radical (unpaired) electrons. The average molecular weight is 398 g/mol. The van der Waals surface area contributed by atoms with E-state index in [0.717, 1.165) is 12.8 Å². The first-order chi connectivity index (χ1) is 12.8. The number of piperidine rings is 1. The summed E-state index contributed by atoms with van der Waals surface area (Å²) in [6, 6.07) is 1.50. The SMILES string of the molecule is COCC(=O)N1CCC(C(C)(C)[C@H](O)c2c(F)c(Cl)cc3cn[nH]c23)CC1. The molecule has 2 aromatic rings. The minimum Gasteiger partial charge on any atom is -0.388 e. The molecule has 1 fully saturated rings. The lowest BCUT2D eigenvalue weighted by Crippen LogP contribution is -2.44. The highest BCUT2D eigenvalue weighted by Gasteiger charge is 2.41. The number of rotatable bonds is 5. The lowest BCUT2D eigenvalue weighted by Gasteiger charge is -2.43. The molecule has 6 nitrogen and oxygen atoms in total. The predicted molar refractivity (Wildman–Crippen MR) is 101 cm³/mol. The van der Waals surface area contributed by atoms with Crippen molar-refractivity contribution in [1.82, 2.24) is 15.1 Å². The Balaban J connectivity index is 1.83. The van der Waals surface area contributed by atoms with Crippen molar-refractivity contribution in [2.45, 2.75) is 32.8 Å². The van der Waals surface area contributed by atoms with Gasteiger partial charge in [-0.15, -0.1) is 0 Å². The number of carbonyl (C=O) groups is 1. The van der Waals surface area contributed by atoms with Gasteiger partial charge in [0.1, 0.15) is 12.4 Å². The van der Waals surface area contributed by atoms with E-state index in [1.807, 2.05) is 13.8 Å². The maximum Gasteiger partial charge on any atom is 0.248 e. The minimum absolute atomic E-state index is 0.0330. The largest absolute Gasteiger partial charge is 0.388 e. The average Bonchev–Trinajstić information content (AvgIpc) is 3.10. The van der Waals surface area contributed by atoms with Crippen LogP contribution in [-0.2, 0) is 9.53 Å². The number of nitrogens with zero attached hydrogens (tertiary/aromatic N) is 2. The monoisotopic (exact) mass is 397 g/mol. The van der Waals surface area contributed by atoms with E-state index in [1.165, 1.54) is 13.2 Å². The van der Waals surface area contributed by atoms with Crippen LogP contribution in [0.4, 0.5) is 4.39 Å². The second-order valence-electron chi connectivity index (χ2n) is 7.73. The number of fused-ring (bicyclic) bond motifs is 1. The molecule has 1 aromatic heterocycles. The number of aliphatic hydroxyl groups excluding tert-OH is 1. The number of aliphatic hydroxyl groups is 1. The van der Waals surface area contributed by atoms with E-state index in [1.54, 1.807) is 11.1 Å². The number of ether oxygens (including phenoxy) is 1. The van der Waals surface area contributed by atoms with Gasteiger partial charge in [0.25, 0.3) is 0 Å². The summed E-state index contributed by atoms with van der Waals surface area (Å²) in [5.74, 6) is -0.536. The van der Waals surface area contributed by atoms with Crippen molar-refractivity contribution >= 4 is 28.4 Å². The van der Waals surface area contributed by atoms with Crippen LogP contribution < -0.4 is 0 Å². The number of carbonyl (C=O) groups excluding carboxylic acids is 1. The first kappa shape index (κ1) is 20.0. The molecule has 1 aliphatic heterocycles.